The maximum Gasteiger partial charge on any atom is 0.243 e. The Morgan fingerprint density at radius 1 is 0.705 bits per heavy atom. The Hall–Kier alpha value is -4.69. The molecule has 0 aromatic heterocycles. The molecule has 14 nitrogen and oxygen atoms in total. The molecule has 0 unspecified atom stereocenters. The van der Waals surface area contributed by atoms with Crippen LogP contribution in [0.3, 0.4) is 0 Å². The highest BCUT2D eigenvalue weighted by Crippen LogP contribution is 2.13. The molecule has 44 heavy (non-hydrogen) atoms. The van der Waals surface area contributed by atoms with Gasteiger partial charge in [0, 0.05) is 19.4 Å². The number of phenols is 1. The van der Waals surface area contributed by atoms with Crippen molar-refractivity contribution >= 4 is 29.6 Å². The quantitative estimate of drug-likeness (QED) is 0.0514. The van der Waals surface area contributed by atoms with Crippen molar-refractivity contribution in [3.05, 3.63) is 65.7 Å². The van der Waals surface area contributed by atoms with E-state index in [2.05, 4.69) is 20.9 Å². The van der Waals surface area contributed by atoms with Crippen molar-refractivity contribution in [3.63, 3.8) is 0 Å². The fourth-order valence-corrected chi connectivity index (χ4v) is 4.39. The summed E-state index contributed by atoms with van der Waals surface area (Å²) in [7, 11) is 0. The Morgan fingerprint density at radius 3 is 1.89 bits per heavy atom. The number of aliphatic imine (C=N–C) groups is 1. The summed E-state index contributed by atoms with van der Waals surface area (Å²) >= 11 is 0. The maximum absolute atomic E-state index is 13.6. The Labute approximate surface area is 257 Å². The Bertz CT molecular complexity index is 1240. The van der Waals surface area contributed by atoms with Crippen LogP contribution in [0.15, 0.2) is 59.6 Å². The van der Waals surface area contributed by atoms with Gasteiger partial charge in [0.1, 0.15) is 23.9 Å². The van der Waals surface area contributed by atoms with E-state index in [-0.39, 0.29) is 43.9 Å². The average molecular weight is 612 g/mol. The summed E-state index contributed by atoms with van der Waals surface area (Å²) in [4.78, 5) is 56.0. The monoisotopic (exact) mass is 611 g/mol. The molecule has 2 aromatic carbocycles. The lowest BCUT2D eigenvalue weighted by Gasteiger charge is -2.26. The van der Waals surface area contributed by atoms with Crippen molar-refractivity contribution in [1.82, 2.24) is 16.0 Å². The molecule has 0 aliphatic heterocycles. The van der Waals surface area contributed by atoms with Gasteiger partial charge in [0.25, 0.3) is 0 Å². The molecule has 0 radical (unpaired) electrons. The van der Waals surface area contributed by atoms with Crippen molar-refractivity contribution in [3.8, 4) is 5.75 Å². The van der Waals surface area contributed by atoms with Crippen LogP contribution in [-0.4, -0.2) is 72.0 Å². The predicted molar refractivity (Wildman–Crippen MR) is 168 cm³/mol. The van der Waals surface area contributed by atoms with Crippen LogP contribution in [0.5, 0.6) is 5.75 Å². The van der Waals surface area contributed by atoms with E-state index in [9.17, 15) is 24.3 Å². The number of hydrogen-bond acceptors (Lipinski definition) is 8. The number of carbonyl (C=O) groups is 4. The summed E-state index contributed by atoms with van der Waals surface area (Å²) in [5, 5.41) is 17.7. The number of rotatable bonds is 19. The van der Waals surface area contributed by atoms with Gasteiger partial charge in [-0.3, -0.25) is 24.2 Å². The molecule has 0 heterocycles. The number of nitrogens with zero attached hydrogens (tertiary/aromatic N) is 1. The number of benzene rings is 2. The summed E-state index contributed by atoms with van der Waals surface area (Å²) in [6.45, 7) is 0.678. The van der Waals surface area contributed by atoms with E-state index in [1.165, 1.54) is 12.1 Å². The molecule has 2 aromatic rings. The number of carbonyl (C=O) groups excluding carboxylic acids is 4. The number of primary amides is 1. The van der Waals surface area contributed by atoms with Crippen LogP contribution in [0.1, 0.15) is 43.2 Å². The molecular weight excluding hydrogens is 566 g/mol. The molecule has 4 atom stereocenters. The van der Waals surface area contributed by atoms with Gasteiger partial charge in [-0.1, -0.05) is 42.5 Å². The van der Waals surface area contributed by atoms with Crippen molar-refractivity contribution in [2.75, 3.05) is 13.1 Å². The number of nitrogens with one attached hydrogen (secondary N) is 3. The van der Waals surface area contributed by atoms with Crippen molar-refractivity contribution in [2.45, 2.75) is 69.1 Å². The van der Waals surface area contributed by atoms with E-state index >= 15 is 0 Å². The highest BCUT2D eigenvalue weighted by Gasteiger charge is 2.30. The average Bonchev–Trinajstić information content (AvgIpc) is 2.99. The number of unbranched alkanes of at least 4 members (excludes halogenated alkanes) is 1. The topological polar surface area (TPSA) is 267 Å². The normalized spacial score (nSPS) is 13.5. The molecule has 0 bridgehead atoms. The van der Waals surface area contributed by atoms with Gasteiger partial charge in [0.2, 0.25) is 23.6 Å². The molecule has 0 spiro atoms. The van der Waals surface area contributed by atoms with E-state index in [4.69, 9.17) is 28.7 Å². The zero-order valence-electron chi connectivity index (χ0n) is 24.8. The first-order valence-electron chi connectivity index (χ1n) is 14.5. The van der Waals surface area contributed by atoms with Gasteiger partial charge in [0.05, 0.1) is 6.04 Å². The highest BCUT2D eigenvalue weighted by atomic mass is 16.3. The van der Waals surface area contributed by atoms with Gasteiger partial charge in [-0.05, 0) is 61.9 Å². The van der Waals surface area contributed by atoms with Crippen molar-refractivity contribution < 1.29 is 24.3 Å². The molecule has 2 rings (SSSR count). The lowest BCUT2D eigenvalue weighted by atomic mass is 10.0. The van der Waals surface area contributed by atoms with Crippen LogP contribution in [0, 0.1) is 0 Å². The van der Waals surface area contributed by atoms with Crippen LogP contribution in [0.25, 0.3) is 0 Å². The largest absolute Gasteiger partial charge is 0.508 e. The summed E-state index contributed by atoms with van der Waals surface area (Å²) in [5.74, 6) is -2.56. The van der Waals surface area contributed by atoms with Crippen LogP contribution in [0.2, 0.25) is 0 Å². The number of guanidine groups is 1. The molecule has 0 saturated heterocycles. The van der Waals surface area contributed by atoms with Gasteiger partial charge < -0.3 is 49.7 Å². The zero-order chi connectivity index (χ0) is 32.5. The SMILES string of the molecule is NCCCC[C@@H](NC(=O)[C@@H](Cc1ccc(O)cc1)NC(=O)[C@H](N)CCCN=C(N)N)C(=O)N[C@H](Cc1ccccc1)C(N)=O. The van der Waals surface area contributed by atoms with Crippen LogP contribution < -0.4 is 44.6 Å². The van der Waals surface area contributed by atoms with Gasteiger partial charge in [-0.15, -0.1) is 0 Å². The minimum absolute atomic E-state index is 0.0396. The number of phenolic OH excluding ortho intramolecular Hbond substituents is 1. The van der Waals surface area contributed by atoms with E-state index in [0.29, 0.717) is 31.4 Å². The Morgan fingerprint density at radius 2 is 1.27 bits per heavy atom. The van der Waals surface area contributed by atoms with Gasteiger partial charge in [0.15, 0.2) is 5.96 Å². The first-order valence-corrected chi connectivity index (χ1v) is 14.5. The second-order valence-corrected chi connectivity index (χ2v) is 10.5. The fourth-order valence-electron chi connectivity index (χ4n) is 4.39. The molecular formula is C30H45N9O5. The standard InChI is InChI=1S/C30H45N9O5/c31-15-5-4-10-23(28(43)38-24(26(33)41)17-19-7-2-1-3-8-19)37-29(44)25(18-20-11-13-21(40)14-12-20)39-27(42)22(32)9-6-16-36-30(34)35/h1-3,7-8,11-14,22-25,40H,4-6,9-10,15-18,31-32H2,(H2,33,41)(H,37,44)(H,38,43)(H,39,42)(H4,34,35,36)/t22-,23-,24-,25-/m1/s1. The molecule has 14 N–H and O–H groups in total. The van der Waals surface area contributed by atoms with E-state index < -0.39 is 47.8 Å². The van der Waals surface area contributed by atoms with Crippen molar-refractivity contribution in [1.29, 1.82) is 0 Å². The first kappa shape index (κ1) is 35.5. The molecule has 240 valence electrons. The van der Waals surface area contributed by atoms with Gasteiger partial charge >= 0.3 is 0 Å². The van der Waals surface area contributed by atoms with Crippen LogP contribution in [0.4, 0.5) is 0 Å². The molecule has 0 aliphatic rings. The van der Waals surface area contributed by atoms with Gasteiger partial charge in [-0.25, -0.2) is 0 Å². The fraction of sp³-hybridized carbons (Fsp3) is 0.433. The third kappa shape index (κ3) is 13.1. The molecule has 0 fully saturated rings. The van der Waals surface area contributed by atoms with Crippen LogP contribution in [-0.2, 0) is 32.0 Å². The highest BCUT2D eigenvalue weighted by molar-refractivity contribution is 5.94. The van der Waals surface area contributed by atoms with E-state index in [1.54, 1.807) is 12.1 Å². The number of aromatic hydroxyl groups is 1. The maximum atomic E-state index is 13.6. The van der Waals surface area contributed by atoms with Crippen LogP contribution >= 0.6 is 0 Å². The van der Waals surface area contributed by atoms with E-state index in [0.717, 1.165) is 5.56 Å². The minimum atomic E-state index is -1.11. The predicted octanol–water partition coefficient (Wildman–Crippen LogP) is -1.37. The molecule has 0 aliphatic carbocycles. The third-order valence-corrected chi connectivity index (χ3v) is 6.84. The zero-order valence-corrected chi connectivity index (χ0v) is 24.8. The van der Waals surface area contributed by atoms with Crippen molar-refractivity contribution in [2.24, 2.45) is 33.7 Å². The summed E-state index contributed by atoms with van der Waals surface area (Å²) < 4.78 is 0. The second kappa shape index (κ2) is 18.8. The summed E-state index contributed by atoms with van der Waals surface area (Å²) in [6.07, 6.45) is 2.27. The molecule has 14 heteroatoms. The molecule has 4 amide bonds. The summed E-state index contributed by atoms with van der Waals surface area (Å²) in [5.41, 5.74) is 29.4. The Kier molecular flexibility index (Phi) is 15.1. The number of amides is 4. The minimum Gasteiger partial charge on any atom is -0.508 e. The van der Waals surface area contributed by atoms with Gasteiger partial charge in [-0.2, -0.15) is 0 Å². The molecule has 0 saturated carbocycles. The number of hydrogen-bond donors (Lipinski definition) is 9. The Balaban J connectivity index is 2.21. The lowest BCUT2D eigenvalue weighted by Crippen LogP contribution is -2.58. The second-order valence-electron chi connectivity index (χ2n) is 10.5. The first-order chi connectivity index (χ1) is 21.0. The number of nitrogens with two attached hydrogens (primary N) is 5. The summed E-state index contributed by atoms with van der Waals surface area (Å²) in [6, 6.07) is 11.1. The third-order valence-electron chi connectivity index (χ3n) is 6.84. The lowest BCUT2D eigenvalue weighted by molar-refractivity contribution is -0.133. The van der Waals surface area contributed by atoms with E-state index in [1.807, 2.05) is 30.3 Å². The smallest absolute Gasteiger partial charge is 0.243 e.